The summed E-state index contributed by atoms with van der Waals surface area (Å²) in [4.78, 5) is 10.9. The fourth-order valence-electron chi connectivity index (χ4n) is 3.72. The SMILES string of the molecule is c1cnc(OC[C@@H]2CC[C@@H]3[C@@H]2OCCN3CC2CC2)nc1. The molecule has 5 nitrogen and oxygen atoms in total. The van der Waals surface area contributed by atoms with Crippen LogP contribution in [0.3, 0.4) is 0 Å². The van der Waals surface area contributed by atoms with Crippen LogP contribution < -0.4 is 4.74 Å². The van der Waals surface area contributed by atoms with Gasteiger partial charge in [0.25, 0.3) is 0 Å². The number of aromatic nitrogens is 2. The molecule has 1 saturated heterocycles. The third kappa shape index (κ3) is 3.04. The van der Waals surface area contributed by atoms with Gasteiger partial charge in [0.05, 0.1) is 19.3 Å². The molecule has 3 fully saturated rings. The monoisotopic (exact) mass is 289 g/mol. The van der Waals surface area contributed by atoms with E-state index in [1.165, 1.54) is 32.2 Å². The molecule has 2 saturated carbocycles. The van der Waals surface area contributed by atoms with Gasteiger partial charge in [0.15, 0.2) is 0 Å². The molecule has 114 valence electrons. The van der Waals surface area contributed by atoms with Gasteiger partial charge < -0.3 is 9.47 Å². The number of fused-ring (bicyclic) bond motifs is 1. The van der Waals surface area contributed by atoms with E-state index in [9.17, 15) is 0 Å². The molecule has 21 heavy (non-hydrogen) atoms. The van der Waals surface area contributed by atoms with E-state index in [1.54, 1.807) is 18.5 Å². The van der Waals surface area contributed by atoms with Crippen molar-refractivity contribution in [2.24, 2.45) is 11.8 Å². The highest BCUT2D eigenvalue weighted by molar-refractivity contribution is 4.98. The average Bonchev–Trinajstić information content (AvgIpc) is 3.24. The molecule has 0 amide bonds. The molecule has 1 aliphatic heterocycles. The van der Waals surface area contributed by atoms with Gasteiger partial charge in [0, 0.05) is 37.4 Å². The maximum absolute atomic E-state index is 6.07. The zero-order valence-corrected chi connectivity index (χ0v) is 12.4. The van der Waals surface area contributed by atoms with Crippen LogP contribution in [0.2, 0.25) is 0 Å². The summed E-state index contributed by atoms with van der Waals surface area (Å²) in [6.45, 7) is 3.92. The molecule has 0 spiro atoms. The molecule has 2 aliphatic carbocycles. The highest BCUT2D eigenvalue weighted by atomic mass is 16.5. The molecule has 4 rings (SSSR count). The van der Waals surface area contributed by atoms with Gasteiger partial charge in [-0.3, -0.25) is 4.90 Å². The predicted molar refractivity (Wildman–Crippen MR) is 78.1 cm³/mol. The summed E-state index contributed by atoms with van der Waals surface area (Å²) >= 11 is 0. The minimum atomic E-state index is 0.334. The first kappa shape index (κ1) is 13.5. The standard InChI is InChI=1S/C16H23N3O2/c1-6-17-16(18-7-1)21-11-13-4-5-14-15(13)20-9-8-19(14)10-12-2-3-12/h1,6-7,12-15H,2-5,8-11H2/t13-,14+,15+/m0/s1. The molecule has 0 radical (unpaired) electrons. The Morgan fingerprint density at radius 3 is 2.86 bits per heavy atom. The molecule has 2 heterocycles. The Labute approximate surface area is 125 Å². The van der Waals surface area contributed by atoms with Crippen LogP contribution in [0.5, 0.6) is 6.01 Å². The number of morpholine rings is 1. The molecule has 0 bridgehead atoms. The Hall–Kier alpha value is -1.20. The van der Waals surface area contributed by atoms with Gasteiger partial charge in [-0.2, -0.15) is 0 Å². The van der Waals surface area contributed by atoms with E-state index >= 15 is 0 Å². The Balaban J connectivity index is 1.34. The van der Waals surface area contributed by atoms with E-state index in [-0.39, 0.29) is 0 Å². The summed E-state index contributed by atoms with van der Waals surface area (Å²) in [7, 11) is 0. The van der Waals surface area contributed by atoms with Crippen molar-refractivity contribution in [3.63, 3.8) is 0 Å². The van der Waals surface area contributed by atoms with E-state index in [4.69, 9.17) is 9.47 Å². The van der Waals surface area contributed by atoms with Gasteiger partial charge in [-0.15, -0.1) is 0 Å². The van der Waals surface area contributed by atoms with Crippen molar-refractivity contribution in [3.8, 4) is 6.01 Å². The summed E-state index contributed by atoms with van der Waals surface area (Å²) in [5.74, 6) is 1.43. The molecular formula is C16H23N3O2. The lowest BCUT2D eigenvalue weighted by Gasteiger charge is -2.39. The van der Waals surface area contributed by atoms with Gasteiger partial charge in [0.1, 0.15) is 0 Å². The number of hydrogen-bond acceptors (Lipinski definition) is 5. The Bertz CT molecular complexity index is 466. The summed E-state index contributed by atoms with van der Waals surface area (Å²) in [6.07, 6.45) is 9.04. The fourth-order valence-corrected chi connectivity index (χ4v) is 3.72. The molecule has 0 N–H and O–H groups in total. The van der Waals surface area contributed by atoms with Crippen LogP contribution in [-0.4, -0.2) is 53.3 Å². The van der Waals surface area contributed by atoms with E-state index in [0.717, 1.165) is 19.1 Å². The molecular weight excluding hydrogens is 266 g/mol. The normalized spacial score (nSPS) is 32.9. The summed E-state index contributed by atoms with van der Waals surface area (Å²) in [5.41, 5.74) is 0. The Kier molecular flexibility index (Phi) is 3.78. The van der Waals surface area contributed by atoms with Crippen LogP contribution >= 0.6 is 0 Å². The number of ether oxygens (including phenoxy) is 2. The second-order valence-electron chi connectivity index (χ2n) is 6.52. The summed E-state index contributed by atoms with van der Waals surface area (Å²) in [6, 6.07) is 2.88. The van der Waals surface area contributed by atoms with Gasteiger partial charge in [-0.05, 0) is 37.7 Å². The van der Waals surface area contributed by atoms with Crippen LogP contribution in [0.25, 0.3) is 0 Å². The topological polar surface area (TPSA) is 47.5 Å². The van der Waals surface area contributed by atoms with Gasteiger partial charge >= 0.3 is 6.01 Å². The molecule has 0 aromatic carbocycles. The van der Waals surface area contributed by atoms with Crippen LogP contribution in [0, 0.1) is 11.8 Å². The molecule has 5 heteroatoms. The van der Waals surface area contributed by atoms with Crippen molar-refractivity contribution in [3.05, 3.63) is 18.5 Å². The lowest BCUT2D eigenvalue weighted by molar-refractivity contribution is -0.0802. The zero-order chi connectivity index (χ0) is 14.1. The molecule has 1 aromatic rings. The molecule has 3 atom stereocenters. The van der Waals surface area contributed by atoms with Crippen molar-refractivity contribution in [2.45, 2.75) is 37.8 Å². The van der Waals surface area contributed by atoms with Gasteiger partial charge in [-0.25, -0.2) is 9.97 Å². The van der Waals surface area contributed by atoms with Crippen LogP contribution in [0.4, 0.5) is 0 Å². The van der Waals surface area contributed by atoms with Crippen molar-refractivity contribution in [1.29, 1.82) is 0 Å². The Morgan fingerprint density at radius 1 is 1.19 bits per heavy atom. The maximum Gasteiger partial charge on any atom is 0.316 e. The molecule has 3 aliphatic rings. The molecule has 0 unspecified atom stereocenters. The van der Waals surface area contributed by atoms with Crippen molar-refractivity contribution < 1.29 is 9.47 Å². The van der Waals surface area contributed by atoms with E-state index in [2.05, 4.69) is 14.9 Å². The van der Waals surface area contributed by atoms with E-state index in [0.29, 0.717) is 30.7 Å². The highest BCUT2D eigenvalue weighted by Crippen LogP contribution is 2.38. The minimum Gasteiger partial charge on any atom is -0.463 e. The third-order valence-electron chi connectivity index (χ3n) is 4.99. The summed E-state index contributed by atoms with van der Waals surface area (Å²) in [5, 5.41) is 0. The predicted octanol–water partition coefficient (Wildman–Crippen LogP) is 1.74. The lowest BCUT2D eigenvalue weighted by Crippen LogP contribution is -2.51. The first-order valence-corrected chi connectivity index (χ1v) is 8.15. The lowest BCUT2D eigenvalue weighted by atomic mass is 10.0. The van der Waals surface area contributed by atoms with E-state index < -0.39 is 0 Å². The quantitative estimate of drug-likeness (QED) is 0.826. The van der Waals surface area contributed by atoms with Crippen LogP contribution in [0.1, 0.15) is 25.7 Å². The van der Waals surface area contributed by atoms with Gasteiger partial charge in [-0.1, -0.05) is 0 Å². The second-order valence-corrected chi connectivity index (χ2v) is 6.52. The van der Waals surface area contributed by atoms with Crippen molar-refractivity contribution in [2.75, 3.05) is 26.3 Å². The number of rotatable bonds is 5. The largest absolute Gasteiger partial charge is 0.463 e. The minimum absolute atomic E-state index is 0.334. The zero-order valence-electron chi connectivity index (χ0n) is 12.4. The van der Waals surface area contributed by atoms with Crippen LogP contribution in [-0.2, 0) is 4.74 Å². The Morgan fingerprint density at radius 2 is 2.05 bits per heavy atom. The maximum atomic E-state index is 6.07. The first-order chi connectivity index (χ1) is 10.4. The van der Waals surface area contributed by atoms with Crippen molar-refractivity contribution in [1.82, 2.24) is 14.9 Å². The van der Waals surface area contributed by atoms with Gasteiger partial charge in [0.2, 0.25) is 0 Å². The average molecular weight is 289 g/mol. The van der Waals surface area contributed by atoms with E-state index in [1.807, 2.05) is 0 Å². The second kappa shape index (κ2) is 5.89. The van der Waals surface area contributed by atoms with Crippen LogP contribution in [0.15, 0.2) is 18.5 Å². The first-order valence-electron chi connectivity index (χ1n) is 8.15. The third-order valence-corrected chi connectivity index (χ3v) is 4.99. The smallest absolute Gasteiger partial charge is 0.316 e. The molecule has 1 aromatic heterocycles. The number of hydrogen-bond donors (Lipinski definition) is 0. The highest BCUT2D eigenvalue weighted by Gasteiger charge is 2.44. The fraction of sp³-hybridized carbons (Fsp3) is 0.750. The number of nitrogens with zero attached hydrogens (tertiary/aromatic N) is 3. The van der Waals surface area contributed by atoms with Crippen molar-refractivity contribution >= 4 is 0 Å². The summed E-state index contributed by atoms with van der Waals surface area (Å²) < 4.78 is 11.8.